The zero-order valence-corrected chi connectivity index (χ0v) is 14.7. The van der Waals surface area contributed by atoms with Crippen molar-refractivity contribution in [3.63, 3.8) is 0 Å². The third-order valence-electron chi connectivity index (χ3n) is 4.78. The van der Waals surface area contributed by atoms with Crippen molar-refractivity contribution in [3.8, 4) is 5.75 Å². The molecule has 0 bridgehead atoms. The van der Waals surface area contributed by atoms with Crippen LogP contribution in [0.2, 0.25) is 0 Å². The molecule has 128 valence electrons. The van der Waals surface area contributed by atoms with Crippen LogP contribution in [-0.2, 0) is 4.79 Å². The second kappa shape index (κ2) is 6.43. The summed E-state index contributed by atoms with van der Waals surface area (Å²) in [5, 5.41) is 13.2. The fourth-order valence-corrected chi connectivity index (χ4v) is 4.61. The molecule has 24 heavy (non-hydrogen) atoms. The van der Waals surface area contributed by atoms with Crippen LogP contribution in [0.5, 0.6) is 5.75 Å². The summed E-state index contributed by atoms with van der Waals surface area (Å²) in [5.74, 6) is -0.278. The molecule has 1 aliphatic rings. The standard InChI is InChI=1S/C18H21NO4S/c1-11-13-9-12(23-2)5-6-14(13)24-16(11)17(22)19-18(10-15(20)21)7-3-4-8-18/h5-6,9H,3-4,7-8,10H2,1-2H3,(H,19,22)(H,20,21). The van der Waals surface area contributed by atoms with Gasteiger partial charge in [0.25, 0.3) is 5.91 Å². The summed E-state index contributed by atoms with van der Waals surface area (Å²) in [7, 11) is 1.62. The maximum absolute atomic E-state index is 12.8. The summed E-state index contributed by atoms with van der Waals surface area (Å²) in [6.07, 6.45) is 3.34. The van der Waals surface area contributed by atoms with E-state index in [4.69, 9.17) is 4.74 Å². The van der Waals surface area contributed by atoms with E-state index in [1.165, 1.54) is 11.3 Å². The third kappa shape index (κ3) is 3.11. The second-order valence-corrected chi connectivity index (χ2v) is 7.48. The van der Waals surface area contributed by atoms with Crippen LogP contribution < -0.4 is 10.1 Å². The van der Waals surface area contributed by atoms with Crippen molar-refractivity contribution in [1.29, 1.82) is 0 Å². The monoisotopic (exact) mass is 347 g/mol. The number of fused-ring (bicyclic) bond motifs is 1. The number of amides is 1. The molecular weight excluding hydrogens is 326 g/mol. The number of carbonyl (C=O) groups excluding carboxylic acids is 1. The SMILES string of the molecule is COc1ccc2sc(C(=O)NC3(CC(=O)O)CCCC3)c(C)c2c1. The Morgan fingerprint density at radius 1 is 1.33 bits per heavy atom. The van der Waals surface area contributed by atoms with E-state index in [9.17, 15) is 14.7 Å². The number of rotatable bonds is 5. The summed E-state index contributed by atoms with van der Waals surface area (Å²) in [4.78, 5) is 24.6. The van der Waals surface area contributed by atoms with Crippen LogP contribution in [-0.4, -0.2) is 29.6 Å². The molecule has 0 aliphatic heterocycles. The first-order valence-electron chi connectivity index (χ1n) is 8.05. The number of benzene rings is 1. The van der Waals surface area contributed by atoms with Gasteiger partial charge in [0.15, 0.2) is 0 Å². The molecule has 1 aliphatic carbocycles. The lowest BCUT2D eigenvalue weighted by Crippen LogP contribution is -2.47. The molecular formula is C18H21NO4S. The molecule has 5 nitrogen and oxygen atoms in total. The Bertz CT molecular complexity index is 790. The first kappa shape index (κ1) is 16.8. The number of hydrogen-bond donors (Lipinski definition) is 2. The van der Waals surface area contributed by atoms with E-state index in [1.807, 2.05) is 25.1 Å². The van der Waals surface area contributed by atoms with Gasteiger partial charge in [-0.3, -0.25) is 9.59 Å². The highest BCUT2D eigenvalue weighted by Gasteiger charge is 2.38. The molecule has 2 aromatic rings. The number of hydrogen-bond acceptors (Lipinski definition) is 4. The highest BCUT2D eigenvalue weighted by atomic mass is 32.1. The molecule has 2 N–H and O–H groups in total. The second-order valence-electron chi connectivity index (χ2n) is 6.43. The predicted molar refractivity (Wildman–Crippen MR) is 94.0 cm³/mol. The molecule has 0 saturated heterocycles. The quantitative estimate of drug-likeness (QED) is 0.864. The molecule has 0 radical (unpaired) electrons. The zero-order valence-electron chi connectivity index (χ0n) is 13.8. The van der Waals surface area contributed by atoms with Gasteiger partial charge in [0.05, 0.1) is 23.9 Å². The van der Waals surface area contributed by atoms with Gasteiger partial charge in [-0.05, 0) is 48.9 Å². The van der Waals surface area contributed by atoms with Crippen LogP contribution in [0, 0.1) is 6.92 Å². The maximum atomic E-state index is 12.8. The summed E-state index contributed by atoms with van der Waals surface area (Å²) >= 11 is 1.44. The molecule has 0 spiro atoms. The van der Waals surface area contributed by atoms with E-state index in [0.29, 0.717) is 4.88 Å². The molecule has 0 unspecified atom stereocenters. The van der Waals surface area contributed by atoms with E-state index in [-0.39, 0.29) is 12.3 Å². The van der Waals surface area contributed by atoms with Gasteiger partial charge in [-0.25, -0.2) is 0 Å². The van der Waals surface area contributed by atoms with Gasteiger partial charge in [0.2, 0.25) is 0 Å². The summed E-state index contributed by atoms with van der Waals surface area (Å²) in [5.41, 5.74) is 0.304. The molecule has 1 heterocycles. The van der Waals surface area contributed by atoms with E-state index in [0.717, 1.165) is 47.1 Å². The van der Waals surface area contributed by atoms with E-state index < -0.39 is 11.5 Å². The van der Waals surface area contributed by atoms with Gasteiger partial charge in [-0.1, -0.05) is 12.8 Å². The number of carbonyl (C=O) groups is 2. The summed E-state index contributed by atoms with van der Waals surface area (Å²) in [6.45, 7) is 1.92. The minimum atomic E-state index is -0.866. The maximum Gasteiger partial charge on any atom is 0.305 e. The number of methoxy groups -OCH3 is 1. The lowest BCUT2D eigenvalue weighted by molar-refractivity contribution is -0.138. The lowest BCUT2D eigenvalue weighted by Gasteiger charge is -2.28. The van der Waals surface area contributed by atoms with Crippen molar-refractivity contribution in [3.05, 3.63) is 28.6 Å². The molecule has 1 saturated carbocycles. The molecule has 1 aromatic carbocycles. The molecule has 0 atom stereocenters. The fourth-order valence-electron chi connectivity index (χ4n) is 3.53. The molecule has 6 heteroatoms. The Balaban J connectivity index is 1.90. The minimum absolute atomic E-state index is 0.0174. The van der Waals surface area contributed by atoms with Crippen LogP contribution in [0.1, 0.15) is 47.3 Å². The number of thiophene rings is 1. The predicted octanol–water partition coefficient (Wildman–Crippen LogP) is 3.74. The number of carboxylic acids is 1. The molecule has 3 rings (SSSR count). The van der Waals surface area contributed by atoms with Crippen LogP contribution in [0.4, 0.5) is 0 Å². The van der Waals surface area contributed by atoms with Crippen molar-refractivity contribution in [2.45, 2.75) is 44.6 Å². The Labute approximate surface area is 144 Å². The van der Waals surface area contributed by atoms with Crippen LogP contribution in [0.3, 0.4) is 0 Å². The Morgan fingerprint density at radius 3 is 2.67 bits per heavy atom. The lowest BCUT2D eigenvalue weighted by atomic mass is 9.93. The van der Waals surface area contributed by atoms with Gasteiger partial charge in [-0.15, -0.1) is 11.3 Å². The van der Waals surface area contributed by atoms with Crippen molar-refractivity contribution < 1.29 is 19.4 Å². The number of ether oxygens (including phenoxy) is 1. The molecule has 1 amide bonds. The smallest absolute Gasteiger partial charge is 0.305 e. The van der Waals surface area contributed by atoms with Crippen LogP contribution >= 0.6 is 11.3 Å². The molecule has 1 fully saturated rings. The van der Waals surface area contributed by atoms with Crippen LogP contribution in [0.15, 0.2) is 18.2 Å². The van der Waals surface area contributed by atoms with E-state index in [2.05, 4.69) is 5.32 Å². The Morgan fingerprint density at radius 2 is 2.04 bits per heavy atom. The van der Waals surface area contributed by atoms with Crippen molar-refractivity contribution in [1.82, 2.24) is 5.32 Å². The first-order valence-corrected chi connectivity index (χ1v) is 8.87. The first-order chi connectivity index (χ1) is 11.4. The highest BCUT2D eigenvalue weighted by molar-refractivity contribution is 7.21. The zero-order chi connectivity index (χ0) is 17.3. The summed E-state index contributed by atoms with van der Waals surface area (Å²) < 4.78 is 6.28. The fraction of sp³-hybridized carbons (Fsp3) is 0.444. The van der Waals surface area contributed by atoms with Crippen LogP contribution in [0.25, 0.3) is 10.1 Å². The van der Waals surface area contributed by atoms with E-state index in [1.54, 1.807) is 7.11 Å². The van der Waals surface area contributed by atoms with Gasteiger partial charge in [0.1, 0.15) is 5.75 Å². The van der Waals surface area contributed by atoms with Gasteiger partial charge in [0, 0.05) is 4.70 Å². The van der Waals surface area contributed by atoms with Gasteiger partial charge < -0.3 is 15.2 Å². The Kier molecular flexibility index (Phi) is 4.49. The topological polar surface area (TPSA) is 75.6 Å². The third-order valence-corrected chi connectivity index (χ3v) is 6.05. The normalized spacial score (nSPS) is 16.2. The van der Waals surface area contributed by atoms with Gasteiger partial charge >= 0.3 is 5.97 Å². The van der Waals surface area contributed by atoms with Crippen molar-refractivity contribution in [2.24, 2.45) is 0 Å². The number of aryl methyl sites for hydroxylation is 1. The summed E-state index contributed by atoms with van der Waals surface area (Å²) in [6, 6.07) is 5.76. The largest absolute Gasteiger partial charge is 0.497 e. The number of nitrogens with one attached hydrogen (secondary N) is 1. The highest BCUT2D eigenvalue weighted by Crippen LogP contribution is 2.36. The molecule has 1 aromatic heterocycles. The number of aliphatic carboxylic acids is 1. The van der Waals surface area contributed by atoms with Crippen molar-refractivity contribution in [2.75, 3.05) is 7.11 Å². The average molecular weight is 347 g/mol. The van der Waals surface area contributed by atoms with Gasteiger partial charge in [-0.2, -0.15) is 0 Å². The van der Waals surface area contributed by atoms with Crippen molar-refractivity contribution >= 4 is 33.3 Å². The average Bonchev–Trinajstić information content (AvgIpc) is 3.11. The minimum Gasteiger partial charge on any atom is -0.497 e. The number of carboxylic acid groups (broad SMARTS) is 1. The Hall–Kier alpha value is -2.08. The van der Waals surface area contributed by atoms with E-state index >= 15 is 0 Å².